The van der Waals surface area contributed by atoms with E-state index in [4.69, 9.17) is 4.74 Å². The summed E-state index contributed by atoms with van der Waals surface area (Å²) in [6.07, 6.45) is 1.29. The largest absolute Gasteiger partial charge is 0.496 e. The summed E-state index contributed by atoms with van der Waals surface area (Å²) in [6, 6.07) is 8.86. The van der Waals surface area contributed by atoms with E-state index >= 15 is 0 Å². The van der Waals surface area contributed by atoms with Gasteiger partial charge in [0.15, 0.2) is 0 Å². The fourth-order valence-corrected chi connectivity index (χ4v) is 9.98. The molecule has 2 aromatic rings. The molecule has 0 saturated carbocycles. The zero-order valence-corrected chi connectivity index (χ0v) is 20.4. The fourth-order valence-electron chi connectivity index (χ4n) is 5.56. The van der Waals surface area contributed by atoms with Crippen molar-refractivity contribution in [1.82, 2.24) is 0 Å². The van der Waals surface area contributed by atoms with E-state index in [0.717, 1.165) is 5.75 Å². The van der Waals surface area contributed by atoms with Gasteiger partial charge in [0.25, 0.3) is 0 Å². The van der Waals surface area contributed by atoms with Crippen LogP contribution in [0.5, 0.6) is 5.75 Å². The molecular weight excluding hydrogens is 375 g/mol. The molecule has 1 aliphatic heterocycles. The molecule has 0 N–H and O–H groups in total. The molecule has 1 saturated heterocycles. The molecule has 0 radical (unpaired) electrons. The third-order valence-electron chi connectivity index (χ3n) is 6.19. The highest BCUT2D eigenvalue weighted by atomic mass is 31.1. The van der Waals surface area contributed by atoms with Gasteiger partial charge in [0.2, 0.25) is 0 Å². The van der Waals surface area contributed by atoms with Gasteiger partial charge in [-0.15, -0.1) is 0 Å². The summed E-state index contributed by atoms with van der Waals surface area (Å²) < 4.78 is 5.96. The van der Waals surface area contributed by atoms with Crippen molar-refractivity contribution in [3.63, 3.8) is 0 Å². The van der Waals surface area contributed by atoms with Gasteiger partial charge in [-0.2, -0.15) is 0 Å². The maximum atomic E-state index is 12.6. The lowest BCUT2D eigenvalue weighted by Crippen LogP contribution is -2.44. The molecule has 1 aliphatic rings. The van der Waals surface area contributed by atoms with Gasteiger partial charge in [0, 0.05) is 18.1 Å². The number of hydrogen-bond acceptors (Lipinski definition) is 2. The van der Waals surface area contributed by atoms with Crippen molar-refractivity contribution < 1.29 is 9.53 Å². The second-order valence-electron chi connectivity index (χ2n) is 9.93. The fraction of sp³-hybridized carbons (Fsp3) is 0.500. The third-order valence-corrected chi connectivity index (χ3v) is 9.82. The van der Waals surface area contributed by atoms with Gasteiger partial charge >= 0.3 is 0 Å². The zero-order valence-electron chi connectivity index (χ0n) is 19.5. The van der Waals surface area contributed by atoms with Crippen molar-refractivity contribution >= 4 is 19.0 Å². The van der Waals surface area contributed by atoms with Crippen LogP contribution in [0.25, 0.3) is 11.1 Å². The van der Waals surface area contributed by atoms with E-state index in [1.54, 1.807) is 7.11 Å². The Labute approximate surface area is 177 Å². The molecule has 0 spiro atoms. The molecule has 0 bridgehead atoms. The number of methoxy groups -OCH3 is 1. The lowest BCUT2D eigenvalue weighted by molar-refractivity contribution is -0.120. The molecule has 0 aromatic heterocycles. The molecule has 1 fully saturated rings. The summed E-state index contributed by atoms with van der Waals surface area (Å²) >= 11 is 0. The number of carbonyl (C=O) groups is 1. The number of carbonyl (C=O) groups excluding carboxylic acids is 1. The summed E-state index contributed by atoms with van der Waals surface area (Å²) in [5.41, 5.74) is 7.83. The minimum Gasteiger partial charge on any atom is -0.496 e. The van der Waals surface area contributed by atoms with Gasteiger partial charge in [-0.3, -0.25) is 4.79 Å². The van der Waals surface area contributed by atoms with E-state index in [9.17, 15) is 4.79 Å². The molecule has 1 heterocycles. The quantitative estimate of drug-likeness (QED) is 0.531. The average molecular weight is 411 g/mol. The van der Waals surface area contributed by atoms with Crippen LogP contribution < -0.4 is 10.0 Å². The second kappa shape index (κ2) is 7.55. The standard InChI is InChI=1S/C26H35O2P/c1-16-12-18(3)22(19(4)13-16)23-17(2)10-11-21(28-9)24(23)29-25(5,6)14-20(27)15-26(29,7)8/h10-13H,14-15H2,1-9H3. The maximum absolute atomic E-state index is 12.6. The third kappa shape index (κ3) is 3.89. The van der Waals surface area contributed by atoms with Gasteiger partial charge in [-0.1, -0.05) is 59.4 Å². The molecule has 0 atom stereocenters. The SMILES string of the molecule is COc1ccc(C)c(-c2c(C)cc(C)cc2C)c1P1C(C)(C)CC(=O)CC1(C)C. The first-order valence-electron chi connectivity index (χ1n) is 10.5. The van der Waals surface area contributed by atoms with E-state index < -0.39 is 7.92 Å². The van der Waals surface area contributed by atoms with Gasteiger partial charge in [0.05, 0.1) is 7.11 Å². The van der Waals surface area contributed by atoms with Gasteiger partial charge in [0.1, 0.15) is 11.5 Å². The summed E-state index contributed by atoms with van der Waals surface area (Å²) in [4.78, 5) is 12.6. The summed E-state index contributed by atoms with van der Waals surface area (Å²) in [5, 5.41) is 1.19. The number of hydrogen-bond donors (Lipinski definition) is 0. The Morgan fingerprint density at radius 2 is 1.34 bits per heavy atom. The summed E-state index contributed by atoms with van der Waals surface area (Å²) in [6.45, 7) is 17.9. The predicted octanol–water partition coefficient (Wildman–Crippen LogP) is 6.62. The van der Waals surface area contributed by atoms with Crippen LogP contribution in [0.4, 0.5) is 0 Å². The van der Waals surface area contributed by atoms with Crippen LogP contribution in [-0.4, -0.2) is 23.2 Å². The van der Waals surface area contributed by atoms with Crippen molar-refractivity contribution in [3.8, 4) is 16.9 Å². The number of Topliss-reactive ketones (excluding diaryl/α,β-unsaturated/α-hetero) is 1. The number of aryl methyl sites for hydroxylation is 4. The Kier molecular flexibility index (Phi) is 5.73. The molecule has 2 aromatic carbocycles. The van der Waals surface area contributed by atoms with Crippen LogP contribution >= 0.6 is 7.92 Å². The molecule has 0 unspecified atom stereocenters. The molecule has 3 rings (SSSR count). The Hall–Kier alpha value is -1.66. The number of ether oxygens (including phenoxy) is 1. The van der Waals surface area contributed by atoms with Crippen LogP contribution in [0, 0.1) is 27.7 Å². The second-order valence-corrected chi connectivity index (χ2v) is 13.5. The van der Waals surface area contributed by atoms with Gasteiger partial charge in [-0.25, -0.2) is 0 Å². The highest BCUT2D eigenvalue weighted by molar-refractivity contribution is 7.69. The zero-order chi connectivity index (χ0) is 21.7. The van der Waals surface area contributed by atoms with Crippen LogP contribution in [0.2, 0.25) is 0 Å². The lowest BCUT2D eigenvalue weighted by atomic mass is 9.91. The van der Waals surface area contributed by atoms with Crippen LogP contribution in [-0.2, 0) is 4.79 Å². The monoisotopic (exact) mass is 410 g/mol. The molecule has 3 heteroatoms. The van der Waals surface area contributed by atoms with E-state index in [1.807, 2.05) is 0 Å². The Morgan fingerprint density at radius 1 is 0.828 bits per heavy atom. The number of ketones is 1. The molecular formula is C26H35O2P. The van der Waals surface area contributed by atoms with Crippen LogP contribution in [0.15, 0.2) is 24.3 Å². The normalized spacial score (nSPS) is 18.7. The first kappa shape index (κ1) is 22.0. The molecule has 2 nitrogen and oxygen atoms in total. The Bertz CT molecular complexity index is 926. The first-order valence-corrected chi connectivity index (χ1v) is 11.8. The van der Waals surface area contributed by atoms with E-state index in [0.29, 0.717) is 18.6 Å². The Balaban J connectivity index is 2.42. The van der Waals surface area contributed by atoms with Crippen molar-refractivity contribution in [2.24, 2.45) is 0 Å². The summed E-state index contributed by atoms with van der Waals surface area (Å²) in [5.74, 6) is 1.35. The highest BCUT2D eigenvalue weighted by Gasteiger charge is 2.49. The van der Waals surface area contributed by atoms with Gasteiger partial charge < -0.3 is 4.74 Å². The number of benzene rings is 2. The van der Waals surface area contributed by atoms with E-state index in [2.05, 4.69) is 79.7 Å². The predicted molar refractivity (Wildman–Crippen MR) is 126 cm³/mol. The van der Waals surface area contributed by atoms with Crippen molar-refractivity contribution in [2.75, 3.05) is 7.11 Å². The molecule has 156 valence electrons. The van der Waals surface area contributed by atoms with Gasteiger partial charge in [-0.05, 0) is 71.9 Å². The minimum absolute atomic E-state index is 0.0729. The number of rotatable bonds is 3. The lowest BCUT2D eigenvalue weighted by Gasteiger charge is -2.50. The molecule has 0 aliphatic carbocycles. The molecule has 0 amide bonds. The van der Waals surface area contributed by atoms with Crippen LogP contribution in [0.1, 0.15) is 62.8 Å². The molecule has 29 heavy (non-hydrogen) atoms. The van der Waals surface area contributed by atoms with Crippen molar-refractivity contribution in [2.45, 2.75) is 78.5 Å². The maximum Gasteiger partial charge on any atom is 0.134 e. The van der Waals surface area contributed by atoms with E-state index in [1.165, 1.54) is 38.7 Å². The average Bonchev–Trinajstić information content (AvgIpc) is 2.53. The van der Waals surface area contributed by atoms with E-state index in [-0.39, 0.29) is 10.3 Å². The summed E-state index contributed by atoms with van der Waals surface area (Å²) in [7, 11) is 1.13. The topological polar surface area (TPSA) is 26.3 Å². The smallest absolute Gasteiger partial charge is 0.134 e. The van der Waals surface area contributed by atoms with Crippen molar-refractivity contribution in [1.29, 1.82) is 0 Å². The first-order chi connectivity index (χ1) is 13.4. The Morgan fingerprint density at radius 3 is 1.83 bits per heavy atom. The van der Waals surface area contributed by atoms with Crippen LogP contribution in [0.3, 0.4) is 0 Å². The minimum atomic E-state index is -0.645. The highest BCUT2D eigenvalue weighted by Crippen LogP contribution is 2.66. The van der Waals surface area contributed by atoms with Crippen molar-refractivity contribution in [3.05, 3.63) is 46.5 Å².